The van der Waals surface area contributed by atoms with Gasteiger partial charge in [0.25, 0.3) is 0 Å². The van der Waals surface area contributed by atoms with E-state index in [1.54, 1.807) is 30.0 Å². The van der Waals surface area contributed by atoms with Crippen LogP contribution in [0.15, 0.2) is 18.2 Å². The number of hydrogen-bond acceptors (Lipinski definition) is 4. The Morgan fingerprint density at radius 2 is 2.33 bits per heavy atom. The number of amides is 1. The number of nitrogens with one attached hydrogen (secondary N) is 1. The number of ether oxygens (including phenoxy) is 1. The van der Waals surface area contributed by atoms with Crippen LogP contribution in [0.3, 0.4) is 0 Å². The van der Waals surface area contributed by atoms with Crippen molar-refractivity contribution in [3.8, 4) is 5.75 Å². The highest BCUT2D eigenvalue weighted by Gasteiger charge is 2.15. The zero-order valence-electron chi connectivity index (χ0n) is 10.4. The fourth-order valence-corrected chi connectivity index (χ4v) is 2.04. The minimum atomic E-state index is -0.527. The first kappa shape index (κ1) is 15.1. The van der Waals surface area contributed by atoms with Gasteiger partial charge in [0.2, 0.25) is 5.91 Å². The minimum absolute atomic E-state index is 0.232. The Labute approximate surface area is 116 Å². The quantitative estimate of drug-likeness (QED) is 0.843. The second kappa shape index (κ2) is 7.51. The number of hydrogen-bond donors (Lipinski definition) is 2. The number of rotatable bonds is 6. The molecule has 3 N–H and O–H groups in total. The highest BCUT2D eigenvalue weighted by atomic mass is 35.5. The van der Waals surface area contributed by atoms with Crippen LogP contribution in [0.5, 0.6) is 5.75 Å². The molecule has 1 rings (SSSR count). The van der Waals surface area contributed by atoms with Gasteiger partial charge >= 0.3 is 0 Å². The molecule has 0 aliphatic carbocycles. The summed E-state index contributed by atoms with van der Waals surface area (Å²) in [5, 5.41) is 3.26. The lowest BCUT2D eigenvalue weighted by atomic mass is 10.2. The second-order valence-corrected chi connectivity index (χ2v) is 5.14. The van der Waals surface area contributed by atoms with Gasteiger partial charge in [-0.05, 0) is 36.6 Å². The third-order valence-electron chi connectivity index (χ3n) is 2.39. The molecule has 0 aliphatic rings. The molecule has 100 valence electrons. The van der Waals surface area contributed by atoms with E-state index in [4.69, 9.17) is 22.1 Å². The molecule has 6 heteroatoms. The minimum Gasteiger partial charge on any atom is -0.495 e. The Bertz CT molecular complexity index is 415. The maximum Gasteiger partial charge on any atom is 0.241 e. The fourth-order valence-electron chi connectivity index (χ4n) is 1.38. The van der Waals surface area contributed by atoms with Crippen molar-refractivity contribution in [1.82, 2.24) is 0 Å². The van der Waals surface area contributed by atoms with Crippen LogP contribution in [0.4, 0.5) is 5.69 Å². The van der Waals surface area contributed by atoms with E-state index >= 15 is 0 Å². The molecule has 0 radical (unpaired) electrons. The van der Waals surface area contributed by atoms with Gasteiger partial charge in [0, 0.05) is 5.02 Å². The van der Waals surface area contributed by atoms with E-state index in [0.717, 1.165) is 5.75 Å². The van der Waals surface area contributed by atoms with Crippen molar-refractivity contribution in [3.63, 3.8) is 0 Å². The Hall–Kier alpha value is -0.910. The highest BCUT2D eigenvalue weighted by Crippen LogP contribution is 2.27. The van der Waals surface area contributed by atoms with Crippen molar-refractivity contribution in [1.29, 1.82) is 0 Å². The first-order chi connectivity index (χ1) is 8.58. The molecular formula is C12H17ClN2O2S. The Kier molecular flexibility index (Phi) is 6.32. The average molecular weight is 289 g/mol. The summed E-state index contributed by atoms with van der Waals surface area (Å²) in [5.41, 5.74) is 6.32. The number of halogens is 1. The number of carbonyl (C=O) groups excluding carboxylic acids is 1. The summed E-state index contributed by atoms with van der Waals surface area (Å²) >= 11 is 7.54. The molecule has 0 saturated carbocycles. The lowest BCUT2D eigenvalue weighted by Gasteiger charge is -2.14. The fraction of sp³-hybridized carbons (Fsp3) is 0.417. The number of thioether (sulfide) groups is 1. The molecule has 1 atom stereocenters. The van der Waals surface area contributed by atoms with Gasteiger partial charge in [-0.3, -0.25) is 4.79 Å². The molecule has 1 amide bonds. The predicted octanol–water partition coefficient (Wildman–Crippen LogP) is 2.37. The molecular weight excluding hydrogens is 272 g/mol. The van der Waals surface area contributed by atoms with Crippen molar-refractivity contribution in [2.24, 2.45) is 5.73 Å². The largest absolute Gasteiger partial charge is 0.495 e. The molecule has 0 spiro atoms. The summed E-state index contributed by atoms with van der Waals surface area (Å²) < 4.78 is 5.14. The average Bonchev–Trinajstić information content (AvgIpc) is 2.36. The van der Waals surface area contributed by atoms with Gasteiger partial charge in [-0.2, -0.15) is 11.8 Å². The lowest BCUT2D eigenvalue weighted by Crippen LogP contribution is -2.36. The molecule has 0 fully saturated rings. The number of anilines is 1. The molecule has 1 aromatic rings. The smallest absolute Gasteiger partial charge is 0.241 e. The summed E-state index contributed by atoms with van der Waals surface area (Å²) in [7, 11) is 1.53. The van der Waals surface area contributed by atoms with Crippen molar-refractivity contribution in [2.45, 2.75) is 12.5 Å². The van der Waals surface area contributed by atoms with Gasteiger partial charge in [0.1, 0.15) is 5.75 Å². The molecule has 4 nitrogen and oxygen atoms in total. The SMILES string of the molecule is COc1ccc(Cl)cc1NC(=O)[C@H](N)CCSC. The van der Waals surface area contributed by atoms with Crippen molar-refractivity contribution >= 4 is 35.0 Å². The van der Waals surface area contributed by atoms with Crippen LogP contribution < -0.4 is 15.8 Å². The number of nitrogens with two attached hydrogens (primary N) is 1. The van der Waals surface area contributed by atoms with Gasteiger partial charge in [-0.15, -0.1) is 0 Å². The van der Waals surface area contributed by atoms with E-state index in [0.29, 0.717) is 22.9 Å². The standard InChI is InChI=1S/C12H17ClN2O2S/c1-17-11-4-3-8(13)7-10(11)15-12(16)9(14)5-6-18-2/h3-4,7,9H,5-6,14H2,1-2H3,(H,15,16)/t9-/m1/s1. The molecule has 18 heavy (non-hydrogen) atoms. The zero-order valence-corrected chi connectivity index (χ0v) is 12.0. The van der Waals surface area contributed by atoms with Crippen LogP contribution in [-0.4, -0.2) is 31.1 Å². The van der Waals surface area contributed by atoms with Crippen LogP contribution in [0.2, 0.25) is 5.02 Å². The third-order valence-corrected chi connectivity index (χ3v) is 3.27. The van der Waals surface area contributed by atoms with Crippen LogP contribution >= 0.6 is 23.4 Å². The summed E-state index contributed by atoms with van der Waals surface area (Å²) in [4.78, 5) is 11.9. The Morgan fingerprint density at radius 3 is 2.94 bits per heavy atom. The molecule has 1 aromatic carbocycles. The normalized spacial score (nSPS) is 12.0. The highest BCUT2D eigenvalue weighted by molar-refractivity contribution is 7.98. The predicted molar refractivity (Wildman–Crippen MR) is 77.6 cm³/mol. The summed E-state index contributed by atoms with van der Waals surface area (Å²) in [6.07, 6.45) is 2.61. The first-order valence-corrected chi connectivity index (χ1v) is 7.24. The number of carbonyl (C=O) groups is 1. The maximum absolute atomic E-state index is 11.9. The van der Waals surface area contributed by atoms with E-state index in [2.05, 4.69) is 5.32 Å². The van der Waals surface area contributed by atoms with Gasteiger partial charge in [0.15, 0.2) is 0 Å². The van der Waals surface area contributed by atoms with Crippen LogP contribution in [-0.2, 0) is 4.79 Å². The summed E-state index contributed by atoms with van der Waals surface area (Å²) in [6.45, 7) is 0. The first-order valence-electron chi connectivity index (χ1n) is 5.47. The number of benzene rings is 1. The summed E-state index contributed by atoms with van der Waals surface area (Å²) in [5.74, 6) is 1.18. The molecule has 0 aromatic heterocycles. The van der Waals surface area contributed by atoms with Crippen molar-refractivity contribution in [3.05, 3.63) is 23.2 Å². The van der Waals surface area contributed by atoms with Gasteiger partial charge < -0.3 is 15.8 Å². The van der Waals surface area contributed by atoms with E-state index in [1.807, 2.05) is 6.26 Å². The lowest BCUT2D eigenvalue weighted by molar-refractivity contribution is -0.117. The Morgan fingerprint density at radius 1 is 1.61 bits per heavy atom. The van der Waals surface area contributed by atoms with E-state index < -0.39 is 6.04 Å². The summed E-state index contributed by atoms with van der Waals surface area (Å²) in [6, 6.07) is 4.51. The molecule has 0 saturated heterocycles. The number of methoxy groups -OCH3 is 1. The third kappa shape index (κ3) is 4.40. The van der Waals surface area contributed by atoms with Gasteiger partial charge in [0.05, 0.1) is 18.8 Å². The molecule has 0 bridgehead atoms. The van der Waals surface area contributed by atoms with Gasteiger partial charge in [-0.1, -0.05) is 11.6 Å². The molecule has 0 unspecified atom stereocenters. The van der Waals surface area contributed by atoms with Gasteiger partial charge in [-0.25, -0.2) is 0 Å². The maximum atomic E-state index is 11.9. The van der Waals surface area contributed by atoms with E-state index in [1.165, 1.54) is 7.11 Å². The second-order valence-electron chi connectivity index (χ2n) is 3.72. The van der Waals surface area contributed by atoms with Crippen LogP contribution in [0.25, 0.3) is 0 Å². The van der Waals surface area contributed by atoms with E-state index in [9.17, 15) is 4.79 Å². The van der Waals surface area contributed by atoms with Crippen molar-refractivity contribution < 1.29 is 9.53 Å². The zero-order chi connectivity index (χ0) is 13.5. The van der Waals surface area contributed by atoms with Crippen molar-refractivity contribution in [2.75, 3.05) is 24.4 Å². The topological polar surface area (TPSA) is 64.3 Å². The monoisotopic (exact) mass is 288 g/mol. The van der Waals surface area contributed by atoms with Crippen LogP contribution in [0, 0.1) is 0 Å². The van der Waals surface area contributed by atoms with Crippen LogP contribution in [0.1, 0.15) is 6.42 Å². The van der Waals surface area contributed by atoms with E-state index in [-0.39, 0.29) is 5.91 Å². The Balaban J connectivity index is 2.71. The molecule has 0 heterocycles. The molecule has 0 aliphatic heterocycles.